The molecule has 0 bridgehead atoms. The fraction of sp³-hybridized carbons (Fsp3) is 0.125. The number of hydrogen-bond acceptors (Lipinski definition) is 3. The molecule has 0 atom stereocenters. The number of hydrogen-bond donors (Lipinski definition) is 2. The molecule has 114 valence electrons. The maximum absolute atomic E-state index is 12.3. The first-order valence-electron chi connectivity index (χ1n) is 6.52. The molecule has 5 nitrogen and oxygen atoms in total. The van der Waals surface area contributed by atoms with E-state index in [0.717, 1.165) is 4.47 Å². The second-order valence-electron chi connectivity index (χ2n) is 4.46. The average molecular weight is 363 g/mol. The summed E-state index contributed by atoms with van der Waals surface area (Å²) in [6.45, 7) is 0. The Morgan fingerprint density at radius 3 is 2.32 bits per heavy atom. The van der Waals surface area contributed by atoms with Crippen LogP contribution in [0.5, 0.6) is 5.75 Å². The summed E-state index contributed by atoms with van der Waals surface area (Å²) in [5, 5.41) is 5.31. The van der Waals surface area contributed by atoms with Crippen molar-refractivity contribution in [1.82, 2.24) is 5.32 Å². The Morgan fingerprint density at radius 1 is 1.05 bits per heavy atom. The number of carbonyl (C=O) groups is 2. The summed E-state index contributed by atoms with van der Waals surface area (Å²) >= 11 is 3.33. The highest BCUT2D eigenvalue weighted by molar-refractivity contribution is 9.10. The molecule has 0 aliphatic carbocycles. The van der Waals surface area contributed by atoms with Gasteiger partial charge in [0.25, 0.3) is 11.8 Å². The van der Waals surface area contributed by atoms with Crippen LogP contribution in [0.2, 0.25) is 0 Å². The van der Waals surface area contributed by atoms with Crippen LogP contribution in [-0.4, -0.2) is 26.0 Å². The number of amides is 2. The standard InChI is InChI=1S/C16H15BrN2O3/c1-18-15(20)10-3-6-12(7-4-10)19-16(21)13-9-11(17)5-8-14(13)22-2/h3-9H,1-2H3,(H,18,20)(H,19,21). The molecule has 0 spiro atoms. The molecule has 2 aromatic carbocycles. The van der Waals surface area contributed by atoms with E-state index in [-0.39, 0.29) is 11.8 Å². The van der Waals surface area contributed by atoms with Crippen molar-refractivity contribution < 1.29 is 14.3 Å². The van der Waals surface area contributed by atoms with Gasteiger partial charge in [-0.15, -0.1) is 0 Å². The number of methoxy groups -OCH3 is 1. The minimum Gasteiger partial charge on any atom is -0.496 e. The molecule has 0 heterocycles. The third kappa shape index (κ3) is 3.65. The number of carbonyl (C=O) groups excluding carboxylic acids is 2. The van der Waals surface area contributed by atoms with Gasteiger partial charge in [0.2, 0.25) is 0 Å². The van der Waals surface area contributed by atoms with Crippen LogP contribution in [0, 0.1) is 0 Å². The highest BCUT2D eigenvalue weighted by Crippen LogP contribution is 2.24. The molecule has 0 aromatic heterocycles. The second kappa shape index (κ2) is 7.09. The van der Waals surface area contributed by atoms with E-state index in [1.54, 1.807) is 49.5 Å². The van der Waals surface area contributed by atoms with Crippen LogP contribution in [-0.2, 0) is 0 Å². The minimum atomic E-state index is -0.286. The average Bonchev–Trinajstić information content (AvgIpc) is 2.54. The Morgan fingerprint density at radius 2 is 1.73 bits per heavy atom. The van der Waals surface area contributed by atoms with Crippen molar-refractivity contribution >= 4 is 33.4 Å². The van der Waals surface area contributed by atoms with Gasteiger partial charge in [-0.3, -0.25) is 9.59 Å². The summed E-state index contributed by atoms with van der Waals surface area (Å²) in [4.78, 5) is 23.8. The molecule has 0 saturated heterocycles. The molecular weight excluding hydrogens is 348 g/mol. The molecule has 0 saturated carbocycles. The van der Waals surface area contributed by atoms with E-state index in [1.165, 1.54) is 7.11 Å². The first kappa shape index (κ1) is 16.0. The number of ether oxygens (including phenoxy) is 1. The van der Waals surface area contributed by atoms with E-state index in [9.17, 15) is 9.59 Å². The Balaban J connectivity index is 2.18. The van der Waals surface area contributed by atoms with Gasteiger partial charge in [0.1, 0.15) is 5.75 Å². The molecule has 2 N–H and O–H groups in total. The molecule has 2 rings (SSSR count). The van der Waals surface area contributed by atoms with E-state index in [1.807, 2.05) is 0 Å². The Bertz CT molecular complexity index is 699. The zero-order valence-corrected chi connectivity index (χ0v) is 13.7. The maximum atomic E-state index is 12.3. The fourth-order valence-corrected chi connectivity index (χ4v) is 2.27. The van der Waals surface area contributed by atoms with Crippen LogP contribution < -0.4 is 15.4 Å². The highest BCUT2D eigenvalue weighted by atomic mass is 79.9. The highest BCUT2D eigenvalue weighted by Gasteiger charge is 2.13. The van der Waals surface area contributed by atoms with E-state index >= 15 is 0 Å². The molecule has 0 aliphatic rings. The maximum Gasteiger partial charge on any atom is 0.259 e. The van der Waals surface area contributed by atoms with Gasteiger partial charge in [0.15, 0.2) is 0 Å². The Hall–Kier alpha value is -2.34. The van der Waals surface area contributed by atoms with Crippen molar-refractivity contribution in [3.05, 3.63) is 58.1 Å². The largest absolute Gasteiger partial charge is 0.496 e. The topological polar surface area (TPSA) is 67.4 Å². The van der Waals surface area contributed by atoms with Gasteiger partial charge in [-0.2, -0.15) is 0 Å². The Labute approximate surface area is 136 Å². The summed E-state index contributed by atoms with van der Waals surface area (Å²) in [5.41, 5.74) is 1.55. The molecule has 2 aromatic rings. The zero-order valence-electron chi connectivity index (χ0n) is 12.1. The van der Waals surface area contributed by atoms with E-state index in [4.69, 9.17) is 4.74 Å². The summed E-state index contributed by atoms with van der Waals surface area (Å²) in [6.07, 6.45) is 0. The lowest BCUT2D eigenvalue weighted by molar-refractivity contribution is 0.0962. The third-order valence-electron chi connectivity index (χ3n) is 3.04. The van der Waals surface area contributed by atoms with Gasteiger partial charge >= 0.3 is 0 Å². The van der Waals surface area contributed by atoms with E-state index in [0.29, 0.717) is 22.6 Å². The second-order valence-corrected chi connectivity index (χ2v) is 5.37. The normalized spacial score (nSPS) is 9.95. The zero-order chi connectivity index (χ0) is 16.1. The quantitative estimate of drug-likeness (QED) is 0.878. The molecular formula is C16H15BrN2O3. The van der Waals surface area contributed by atoms with Crippen molar-refractivity contribution in [3.63, 3.8) is 0 Å². The van der Waals surface area contributed by atoms with Gasteiger partial charge < -0.3 is 15.4 Å². The number of nitrogens with one attached hydrogen (secondary N) is 2. The minimum absolute atomic E-state index is 0.175. The lowest BCUT2D eigenvalue weighted by Crippen LogP contribution is -2.18. The van der Waals surface area contributed by atoms with Crippen molar-refractivity contribution in [2.45, 2.75) is 0 Å². The van der Waals surface area contributed by atoms with E-state index < -0.39 is 0 Å². The summed E-state index contributed by atoms with van der Waals surface area (Å²) in [6, 6.07) is 11.8. The monoisotopic (exact) mass is 362 g/mol. The molecule has 6 heteroatoms. The van der Waals surface area contributed by atoms with Crippen molar-refractivity contribution in [3.8, 4) is 5.75 Å². The van der Waals surface area contributed by atoms with Gasteiger partial charge in [0, 0.05) is 22.8 Å². The van der Waals surface area contributed by atoms with Crippen molar-refractivity contribution in [2.75, 3.05) is 19.5 Å². The van der Waals surface area contributed by atoms with Crippen molar-refractivity contribution in [1.29, 1.82) is 0 Å². The predicted molar refractivity (Wildman–Crippen MR) is 88.5 cm³/mol. The van der Waals surface area contributed by atoms with Crippen LogP contribution in [0.1, 0.15) is 20.7 Å². The molecule has 0 fully saturated rings. The van der Waals surface area contributed by atoms with Gasteiger partial charge in [-0.05, 0) is 42.5 Å². The fourth-order valence-electron chi connectivity index (χ4n) is 1.91. The third-order valence-corrected chi connectivity index (χ3v) is 3.53. The molecule has 2 amide bonds. The van der Waals surface area contributed by atoms with Crippen LogP contribution >= 0.6 is 15.9 Å². The number of benzene rings is 2. The number of rotatable bonds is 4. The van der Waals surface area contributed by atoms with Gasteiger partial charge in [0.05, 0.1) is 12.7 Å². The molecule has 0 radical (unpaired) electrons. The number of anilines is 1. The smallest absolute Gasteiger partial charge is 0.259 e. The van der Waals surface area contributed by atoms with Crippen LogP contribution in [0.25, 0.3) is 0 Å². The lowest BCUT2D eigenvalue weighted by atomic mass is 10.1. The predicted octanol–water partition coefficient (Wildman–Crippen LogP) is 3.07. The van der Waals surface area contributed by atoms with Crippen molar-refractivity contribution in [2.24, 2.45) is 0 Å². The first-order valence-corrected chi connectivity index (χ1v) is 7.31. The first-order chi connectivity index (χ1) is 10.5. The lowest BCUT2D eigenvalue weighted by Gasteiger charge is -2.10. The molecule has 0 aliphatic heterocycles. The molecule has 0 unspecified atom stereocenters. The van der Waals surface area contributed by atoms with Crippen LogP contribution in [0.4, 0.5) is 5.69 Å². The number of halogens is 1. The van der Waals surface area contributed by atoms with Crippen LogP contribution in [0.15, 0.2) is 46.9 Å². The van der Waals surface area contributed by atoms with E-state index in [2.05, 4.69) is 26.6 Å². The molecule has 22 heavy (non-hydrogen) atoms. The van der Waals surface area contributed by atoms with Gasteiger partial charge in [-0.1, -0.05) is 15.9 Å². The van der Waals surface area contributed by atoms with Crippen LogP contribution in [0.3, 0.4) is 0 Å². The Kier molecular flexibility index (Phi) is 5.16. The summed E-state index contributed by atoms with van der Waals surface area (Å²) < 4.78 is 5.98. The summed E-state index contributed by atoms with van der Waals surface area (Å²) in [5.74, 6) is 0.0278. The summed E-state index contributed by atoms with van der Waals surface area (Å²) in [7, 11) is 3.08. The SMILES string of the molecule is CNC(=O)c1ccc(NC(=O)c2cc(Br)ccc2OC)cc1. The van der Waals surface area contributed by atoms with Gasteiger partial charge in [-0.25, -0.2) is 0 Å².